The van der Waals surface area contributed by atoms with Crippen LogP contribution in [-0.4, -0.2) is 9.04 Å². The summed E-state index contributed by atoms with van der Waals surface area (Å²) in [6, 6.07) is 0. The predicted molar refractivity (Wildman–Crippen MR) is 51.2 cm³/mol. The summed E-state index contributed by atoms with van der Waals surface area (Å²) >= 11 is 21.6. The van der Waals surface area contributed by atoms with E-state index in [4.69, 9.17) is 47.4 Å². The van der Waals surface area contributed by atoms with Gasteiger partial charge in [-0.15, -0.1) is 11.6 Å². The summed E-state index contributed by atoms with van der Waals surface area (Å²) < 4.78 is -1.20. The lowest BCUT2D eigenvalue weighted by atomic mass is 10.2. The van der Waals surface area contributed by atoms with Crippen molar-refractivity contribution in [1.82, 2.24) is 0 Å². The zero-order valence-electron chi connectivity index (χ0n) is 5.74. The summed E-state index contributed by atoms with van der Waals surface area (Å²) in [4.78, 5) is 0. The fourth-order valence-corrected chi connectivity index (χ4v) is 1.04. The Bertz CT molecular complexity index is 89.5. The maximum atomic E-state index is 5.77. The first-order chi connectivity index (χ1) is 4.48. The van der Waals surface area contributed by atoms with Crippen molar-refractivity contribution in [2.45, 2.75) is 35.2 Å². The number of unbranched alkanes of at least 4 members (excludes halogenated alkanes) is 1. The largest absolute Gasteiger partial charge is 0.189 e. The quantitative estimate of drug-likeness (QED) is 0.626. The molecule has 1 radical (unpaired) electrons. The highest BCUT2D eigenvalue weighted by atomic mass is 35.5. The summed E-state index contributed by atoms with van der Waals surface area (Å²) in [7, 11) is 0. The van der Waals surface area contributed by atoms with Gasteiger partial charge in [0.05, 0.1) is 5.38 Å². The summed E-state index contributed by atoms with van der Waals surface area (Å²) in [5.41, 5.74) is 0. The maximum Gasteiger partial charge on any atom is 0.189 e. The first-order valence-corrected chi connectivity index (χ1v) is 4.80. The highest BCUT2D eigenvalue weighted by molar-refractivity contribution is 7.85. The van der Waals surface area contributed by atoms with Crippen molar-refractivity contribution in [3.63, 3.8) is 0 Å². The van der Waals surface area contributed by atoms with Gasteiger partial charge in [0.15, 0.2) is 3.67 Å². The fraction of sp³-hybridized carbons (Fsp3) is 1.00. The van der Waals surface area contributed by atoms with E-state index in [1.165, 1.54) is 0 Å². The highest BCUT2D eigenvalue weighted by Gasteiger charge is 2.29. The van der Waals surface area contributed by atoms with Gasteiger partial charge in [-0.05, 0) is 19.0 Å². The third kappa shape index (κ3) is 4.95. The van der Waals surface area contributed by atoms with E-state index < -0.39 is 3.67 Å². The molecule has 0 aliphatic carbocycles. The van der Waals surface area contributed by atoms with E-state index in [2.05, 4.69) is 6.92 Å². The molecule has 0 bridgehead atoms. The van der Waals surface area contributed by atoms with E-state index in [0.717, 1.165) is 19.3 Å². The van der Waals surface area contributed by atoms with Gasteiger partial charge in [-0.1, -0.05) is 43.0 Å². The molecule has 0 aromatic rings. The van der Waals surface area contributed by atoms with Crippen molar-refractivity contribution in [2.75, 3.05) is 0 Å². The SMILES string of the molecule is CCCCC(Cl)C([S])(Cl)Cl. The van der Waals surface area contributed by atoms with Gasteiger partial charge in [0.25, 0.3) is 0 Å². The van der Waals surface area contributed by atoms with Crippen LogP contribution in [0.2, 0.25) is 0 Å². The molecule has 61 valence electrons. The van der Waals surface area contributed by atoms with E-state index in [1.54, 1.807) is 0 Å². The number of halogens is 3. The molecule has 0 amide bonds. The van der Waals surface area contributed by atoms with Crippen LogP contribution >= 0.6 is 47.4 Å². The molecule has 0 rings (SSSR count). The van der Waals surface area contributed by atoms with Crippen molar-refractivity contribution in [1.29, 1.82) is 0 Å². The minimum absolute atomic E-state index is 0.314. The summed E-state index contributed by atoms with van der Waals surface area (Å²) in [6.07, 6.45) is 2.89. The number of hydrogen-bond donors (Lipinski definition) is 0. The van der Waals surface area contributed by atoms with Crippen LogP contribution < -0.4 is 0 Å². The highest BCUT2D eigenvalue weighted by Crippen LogP contribution is 2.35. The Labute approximate surface area is 82.6 Å². The molecule has 0 aromatic heterocycles. The van der Waals surface area contributed by atoms with E-state index in [0.29, 0.717) is 0 Å². The van der Waals surface area contributed by atoms with Gasteiger partial charge in [-0.2, -0.15) is 0 Å². The van der Waals surface area contributed by atoms with Crippen molar-refractivity contribution >= 4 is 47.4 Å². The monoisotopic (exact) mass is 219 g/mol. The van der Waals surface area contributed by atoms with Crippen LogP contribution in [0.15, 0.2) is 0 Å². The fourth-order valence-electron chi connectivity index (χ4n) is 0.551. The second kappa shape index (κ2) is 4.97. The summed E-state index contributed by atoms with van der Waals surface area (Å²) in [5.74, 6) is 0. The zero-order valence-corrected chi connectivity index (χ0v) is 8.83. The molecule has 0 saturated carbocycles. The number of hydrogen-bond acceptors (Lipinski definition) is 0. The van der Waals surface area contributed by atoms with Crippen LogP contribution in [0.25, 0.3) is 0 Å². The standard InChI is InChI=1S/C6H10Cl3S/c1-2-3-4-5(7)6(8,9)10/h5H,2-4H2,1H3. The normalized spacial score (nSPS) is 15.3. The first-order valence-electron chi connectivity index (χ1n) is 3.20. The molecule has 4 heteroatoms. The minimum Gasteiger partial charge on any atom is -0.119 e. The molecule has 0 nitrogen and oxygen atoms in total. The molecule has 0 fully saturated rings. The zero-order chi connectivity index (χ0) is 8.20. The second-order valence-corrected chi connectivity index (χ2v) is 5.18. The van der Waals surface area contributed by atoms with E-state index >= 15 is 0 Å². The van der Waals surface area contributed by atoms with Crippen molar-refractivity contribution in [3.05, 3.63) is 0 Å². The lowest BCUT2D eigenvalue weighted by Gasteiger charge is -2.17. The van der Waals surface area contributed by atoms with E-state index in [9.17, 15) is 0 Å². The molecule has 0 heterocycles. The van der Waals surface area contributed by atoms with Gasteiger partial charge in [-0.3, -0.25) is 0 Å². The Hall–Kier alpha value is 1.22. The molecule has 1 atom stereocenters. The van der Waals surface area contributed by atoms with Crippen LogP contribution in [-0.2, 0) is 0 Å². The smallest absolute Gasteiger partial charge is 0.119 e. The molecule has 0 aliphatic rings. The molecule has 0 aromatic carbocycles. The molecule has 0 saturated heterocycles. The lowest BCUT2D eigenvalue weighted by Crippen LogP contribution is -2.19. The molecular weight excluding hydrogens is 210 g/mol. The molecule has 10 heavy (non-hydrogen) atoms. The van der Waals surface area contributed by atoms with Gasteiger partial charge in [0, 0.05) is 0 Å². The Morgan fingerprint density at radius 2 is 2.00 bits per heavy atom. The second-order valence-electron chi connectivity index (χ2n) is 2.17. The third-order valence-electron chi connectivity index (χ3n) is 1.18. The molecule has 0 aliphatic heterocycles. The Balaban J connectivity index is 3.52. The first kappa shape index (κ1) is 11.2. The van der Waals surface area contributed by atoms with Gasteiger partial charge >= 0.3 is 0 Å². The van der Waals surface area contributed by atoms with Crippen molar-refractivity contribution in [3.8, 4) is 0 Å². The van der Waals surface area contributed by atoms with Gasteiger partial charge in [0.1, 0.15) is 0 Å². The van der Waals surface area contributed by atoms with E-state index in [1.807, 2.05) is 0 Å². The number of alkyl halides is 3. The van der Waals surface area contributed by atoms with Crippen LogP contribution in [0.3, 0.4) is 0 Å². The minimum atomic E-state index is -1.20. The third-order valence-corrected chi connectivity index (χ3v) is 2.89. The summed E-state index contributed by atoms with van der Waals surface area (Å²) in [6.45, 7) is 2.08. The average Bonchev–Trinajstić information content (AvgIpc) is 1.80. The van der Waals surface area contributed by atoms with Crippen LogP contribution in [0.1, 0.15) is 26.2 Å². The lowest BCUT2D eigenvalue weighted by molar-refractivity contribution is 0.688. The van der Waals surface area contributed by atoms with Crippen molar-refractivity contribution in [2.24, 2.45) is 0 Å². The Kier molecular flexibility index (Phi) is 5.58. The predicted octanol–water partition coefficient (Wildman–Crippen LogP) is 4.11. The van der Waals surface area contributed by atoms with Crippen LogP contribution in [0, 0.1) is 0 Å². The summed E-state index contributed by atoms with van der Waals surface area (Å²) in [5, 5.41) is -0.314. The Morgan fingerprint density at radius 1 is 1.50 bits per heavy atom. The van der Waals surface area contributed by atoms with E-state index in [-0.39, 0.29) is 5.38 Å². The van der Waals surface area contributed by atoms with Gasteiger partial charge < -0.3 is 0 Å². The van der Waals surface area contributed by atoms with Gasteiger partial charge in [0.2, 0.25) is 0 Å². The number of rotatable bonds is 4. The average molecular weight is 221 g/mol. The molecule has 1 unspecified atom stereocenters. The van der Waals surface area contributed by atoms with Crippen molar-refractivity contribution < 1.29 is 0 Å². The molecular formula is C6H10Cl3S. The maximum absolute atomic E-state index is 5.77. The van der Waals surface area contributed by atoms with Gasteiger partial charge in [-0.25, -0.2) is 0 Å². The van der Waals surface area contributed by atoms with Crippen LogP contribution in [0.5, 0.6) is 0 Å². The topological polar surface area (TPSA) is 0 Å². The van der Waals surface area contributed by atoms with Crippen LogP contribution in [0.4, 0.5) is 0 Å². The Morgan fingerprint density at radius 3 is 2.30 bits per heavy atom. The molecule has 0 spiro atoms. The molecule has 0 N–H and O–H groups in total.